The predicted molar refractivity (Wildman–Crippen MR) is 99.2 cm³/mol. The van der Waals surface area contributed by atoms with E-state index in [1.807, 2.05) is 32.0 Å². The van der Waals surface area contributed by atoms with Gasteiger partial charge in [0.15, 0.2) is 5.57 Å². The lowest BCUT2D eigenvalue weighted by atomic mass is 10.2. The Labute approximate surface area is 156 Å². The second kappa shape index (κ2) is 7.06. The van der Waals surface area contributed by atoms with Crippen LogP contribution in [0.3, 0.4) is 0 Å². The van der Waals surface area contributed by atoms with Gasteiger partial charge in [-0.05, 0) is 44.2 Å². The number of anilines is 3. The zero-order valence-electron chi connectivity index (χ0n) is 15.5. The molecule has 0 spiro atoms. The van der Waals surface area contributed by atoms with E-state index in [4.69, 9.17) is 9.47 Å². The number of hydrogen-bond donors (Lipinski definition) is 2. The van der Waals surface area contributed by atoms with Crippen molar-refractivity contribution in [3.8, 4) is 0 Å². The van der Waals surface area contributed by atoms with Gasteiger partial charge in [0.05, 0.1) is 0 Å². The molecule has 0 saturated carbocycles. The van der Waals surface area contributed by atoms with Gasteiger partial charge in [0.2, 0.25) is 5.95 Å². The van der Waals surface area contributed by atoms with Gasteiger partial charge in [-0.15, -0.1) is 0 Å². The Bertz CT molecular complexity index is 878. The first-order valence-corrected chi connectivity index (χ1v) is 8.35. The molecule has 8 heteroatoms. The van der Waals surface area contributed by atoms with Crippen molar-refractivity contribution in [1.82, 2.24) is 9.97 Å². The highest BCUT2D eigenvalue weighted by molar-refractivity contribution is 6.15. The van der Waals surface area contributed by atoms with E-state index in [0.29, 0.717) is 11.6 Å². The fourth-order valence-electron chi connectivity index (χ4n) is 2.49. The summed E-state index contributed by atoms with van der Waals surface area (Å²) in [6, 6.07) is 9.11. The lowest BCUT2D eigenvalue weighted by Gasteiger charge is -2.29. The average molecular weight is 368 g/mol. The minimum atomic E-state index is -1.25. The number of hydrogen-bond acceptors (Lipinski definition) is 8. The smallest absolute Gasteiger partial charge is 0.350 e. The zero-order chi connectivity index (χ0) is 19.6. The number of ether oxygens (including phenoxy) is 2. The van der Waals surface area contributed by atoms with Crippen molar-refractivity contribution in [1.29, 1.82) is 0 Å². The van der Waals surface area contributed by atoms with Gasteiger partial charge in [0.1, 0.15) is 0 Å². The molecule has 1 fully saturated rings. The lowest BCUT2D eigenvalue weighted by molar-refractivity contribution is -0.222. The SMILES string of the molecule is Cc1cc(C)nc(Nc2ccc(NC=C3C(=O)OC(C)(C)OC3=O)cc2)n1. The Morgan fingerprint density at radius 3 is 2.00 bits per heavy atom. The van der Waals surface area contributed by atoms with E-state index >= 15 is 0 Å². The largest absolute Gasteiger partial charge is 0.419 e. The maximum atomic E-state index is 11.9. The maximum Gasteiger partial charge on any atom is 0.350 e. The highest BCUT2D eigenvalue weighted by Gasteiger charge is 2.38. The van der Waals surface area contributed by atoms with Crippen LogP contribution in [0, 0.1) is 13.8 Å². The molecule has 2 N–H and O–H groups in total. The number of aromatic nitrogens is 2. The number of nitrogens with zero attached hydrogens (tertiary/aromatic N) is 2. The first-order valence-electron chi connectivity index (χ1n) is 8.35. The van der Waals surface area contributed by atoms with Crippen molar-refractivity contribution in [2.45, 2.75) is 33.5 Å². The summed E-state index contributed by atoms with van der Waals surface area (Å²) in [5, 5.41) is 6.02. The molecule has 1 aromatic heterocycles. The van der Waals surface area contributed by atoms with Crippen LogP contribution in [0.5, 0.6) is 0 Å². The normalized spacial score (nSPS) is 15.6. The van der Waals surface area contributed by atoms with Crippen molar-refractivity contribution < 1.29 is 19.1 Å². The fourth-order valence-corrected chi connectivity index (χ4v) is 2.49. The summed E-state index contributed by atoms with van der Waals surface area (Å²) in [5.41, 5.74) is 3.05. The van der Waals surface area contributed by atoms with E-state index in [9.17, 15) is 9.59 Å². The molecule has 1 aromatic carbocycles. The van der Waals surface area contributed by atoms with E-state index < -0.39 is 17.7 Å². The van der Waals surface area contributed by atoms with Crippen molar-refractivity contribution in [3.63, 3.8) is 0 Å². The van der Waals surface area contributed by atoms with Crippen LogP contribution in [0.25, 0.3) is 0 Å². The number of nitrogens with one attached hydrogen (secondary N) is 2. The maximum absolute atomic E-state index is 11.9. The van der Waals surface area contributed by atoms with Crippen LogP contribution in [0.1, 0.15) is 25.2 Å². The van der Waals surface area contributed by atoms with Gasteiger partial charge in [-0.25, -0.2) is 19.6 Å². The predicted octanol–water partition coefficient (Wildman–Crippen LogP) is 2.97. The highest BCUT2D eigenvalue weighted by atomic mass is 16.7. The minimum absolute atomic E-state index is 0.194. The van der Waals surface area contributed by atoms with Crippen LogP contribution >= 0.6 is 0 Å². The van der Waals surface area contributed by atoms with Crippen LogP contribution in [-0.4, -0.2) is 27.7 Å². The van der Waals surface area contributed by atoms with E-state index in [1.165, 1.54) is 20.0 Å². The number of carbonyl (C=O) groups excluding carboxylic acids is 2. The summed E-state index contributed by atoms with van der Waals surface area (Å²) in [7, 11) is 0. The third kappa shape index (κ3) is 4.60. The number of benzene rings is 1. The molecule has 1 aliphatic heterocycles. The van der Waals surface area contributed by atoms with Crippen LogP contribution in [0.2, 0.25) is 0 Å². The number of cyclic esters (lactones) is 2. The van der Waals surface area contributed by atoms with Crippen molar-refractivity contribution in [3.05, 3.63) is 53.5 Å². The van der Waals surface area contributed by atoms with Gasteiger partial charge in [-0.3, -0.25) is 0 Å². The third-order valence-corrected chi connectivity index (χ3v) is 3.62. The van der Waals surface area contributed by atoms with Crippen LogP contribution in [0.4, 0.5) is 17.3 Å². The van der Waals surface area contributed by atoms with E-state index in [0.717, 1.165) is 17.1 Å². The summed E-state index contributed by atoms with van der Waals surface area (Å²) in [6.07, 6.45) is 1.27. The molecule has 2 aromatic rings. The van der Waals surface area contributed by atoms with Gasteiger partial charge < -0.3 is 20.1 Å². The van der Waals surface area contributed by atoms with Crippen LogP contribution in [-0.2, 0) is 19.1 Å². The Balaban J connectivity index is 1.67. The molecule has 140 valence electrons. The van der Waals surface area contributed by atoms with Crippen LogP contribution in [0.15, 0.2) is 42.1 Å². The van der Waals surface area contributed by atoms with E-state index in [2.05, 4.69) is 20.6 Å². The number of rotatable bonds is 4. The summed E-state index contributed by atoms with van der Waals surface area (Å²) in [6.45, 7) is 6.81. The Morgan fingerprint density at radius 2 is 1.44 bits per heavy atom. The molecular formula is C19H20N4O4. The van der Waals surface area contributed by atoms with E-state index in [1.54, 1.807) is 12.1 Å². The Morgan fingerprint density at radius 1 is 0.926 bits per heavy atom. The molecular weight excluding hydrogens is 348 g/mol. The second-order valence-electron chi connectivity index (χ2n) is 6.56. The third-order valence-electron chi connectivity index (χ3n) is 3.62. The number of esters is 2. The first kappa shape index (κ1) is 18.4. The monoisotopic (exact) mass is 368 g/mol. The van der Waals surface area contributed by atoms with Crippen molar-refractivity contribution >= 4 is 29.3 Å². The lowest BCUT2D eigenvalue weighted by Crippen LogP contribution is -2.42. The van der Waals surface area contributed by atoms with Crippen molar-refractivity contribution in [2.24, 2.45) is 0 Å². The van der Waals surface area contributed by atoms with Gasteiger partial charge in [0, 0.05) is 42.8 Å². The molecule has 3 rings (SSSR count). The standard InChI is InChI=1S/C19H20N4O4/c1-11-9-12(2)22-18(21-11)23-14-7-5-13(6-8-14)20-10-15-16(24)26-19(3,4)27-17(15)25/h5-10,20H,1-4H3,(H,21,22,23). The second-order valence-corrected chi connectivity index (χ2v) is 6.56. The molecule has 0 aliphatic carbocycles. The van der Waals surface area contributed by atoms with Gasteiger partial charge in [-0.2, -0.15) is 0 Å². The molecule has 2 heterocycles. The summed E-state index contributed by atoms with van der Waals surface area (Å²) in [5.74, 6) is -2.19. The molecule has 27 heavy (non-hydrogen) atoms. The molecule has 0 unspecified atom stereocenters. The van der Waals surface area contributed by atoms with E-state index in [-0.39, 0.29) is 5.57 Å². The molecule has 0 radical (unpaired) electrons. The van der Waals surface area contributed by atoms with Gasteiger partial charge >= 0.3 is 11.9 Å². The molecule has 0 amide bonds. The van der Waals surface area contributed by atoms with Crippen LogP contribution < -0.4 is 10.6 Å². The highest BCUT2D eigenvalue weighted by Crippen LogP contribution is 2.23. The van der Waals surface area contributed by atoms with Gasteiger partial charge in [0.25, 0.3) is 5.79 Å². The fraction of sp³-hybridized carbons (Fsp3) is 0.263. The number of carbonyl (C=O) groups is 2. The molecule has 1 saturated heterocycles. The molecule has 1 aliphatic rings. The molecule has 0 bridgehead atoms. The average Bonchev–Trinajstić information content (AvgIpc) is 2.53. The molecule has 0 atom stereocenters. The quantitative estimate of drug-likeness (QED) is 0.482. The minimum Gasteiger partial charge on any atom is -0.419 e. The zero-order valence-corrected chi connectivity index (χ0v) is 15.5. The summed E-state index contributed by atoms with van der Waals surface area (Å²) < 4.78 is 10.1. The Hall–Kier alpha value is -3.42. The Kier molecular flexibility index (Phi) is 4.81. The first-order chi connectivity index (χ1) is 12.7. The van der Waals surface area contributed by atoms with Crippen molar-refractivity contribution in [2.75, 3.05) is 10.6 Å². The number of aryl methyl sites for hydroxylation is 2. The topological polar surface area (TPSA) is 102 Å². The summed E-state index contributed by atoms with van der Waals surface area (Å²) in [4.78, 5) is 32.5. The molecule has 8 nitrogen and oxygen atoms in total. The van der Waals surface area contributed by atoms with Gasteiger partial charge in [-0.1, -0.05) is 0 Å². The summed E-state index contributed by atoms with van der Waals surface area (Å²) >= 11 is 0.